The number of likely N-dealkylation sites (N-methyl/N-ethyl adjacent to an activating group) is 1. The first kappa shape index (κ1) is 13.2. The highest BCUT2D eigenvalue weighted by Crippen LogP contribution is 2.26. The fraction of sp³-hybridized carbons (Fsp3) is 0.400. The third kappa shape index (κ3) is 2.98. The molecule has 18 heavy (non-hydrogen) atoms. The zero-order valence-corrected chi connectivity index (χ0v) is 12.3. The second kappa shape index (κ2) is 5.63. The number of nitrogens with one attached hydrogen (secondary N) is 1. The summed E-state index contributed by atoms with van der Waals surface area (Å²) in [6.45, 7) is 6.45. The summed E-state index contributed by atoms with van der Waals surface area (Å²) in [5.74, 6) is 0. The normalized spacial score (nSPS) is 12.7. The SMILES string of the molecule is CNC(C)Cc1nc(-c2cc(C)ccc2C)cs1. The van der Waals surface area contributed by atoms with Crippen molar-refractivity contribution in [2.24, 2.45) is 0 Å². The summed E-state index contributed by atoms with van der Waals surface area (Å²) in [7, 11) is 1.99. The summed E-state index contributed by atoms with van der Waals surface area (Å²) in [6, 6.07) is 7.01. The van der Waals surface area contributed by atoms with Crippen molar-refractivity contribution in [2.75, 3.05) is 7.05 Å². The van der Waals surface area contributed by atoms with E-state index in [1.54, 1.807) is 11.3 Å². The van der Waals surface area contributed by atoms with Crippen LogP contribution in [0.15, 0.2) is 23.6 Å². The van der Waals surface area contributed by atoms with Gasteiger partial charge in [-0.3, -0.25) is 0 Å². The lowest BCUT2D eigenvalue weighted by Crippen LogP contribution is -2.23. The molecule has 1 heterocycles. The van der Waals surface area contributed by atoms with E-state index in [9.17, 15) is 0 Å². The first-order valence-electron chi connectivity index (χ1n) is 6.29. The third-order valence-corrected chi connectivity index (χ3v) is 4.07. The number of hydrogen-bond acceptors (Lipinski definition) is 3. The molecule has 0 bridgehead atoms. The number of thiazole rings is 1. The van der Waals surface area contributed by atoms with Crippen LogP contribution in [-0.4, -0.2) is 18.1 Å². The number of hydrogen-bond donors (Lipinski definition) is 1. The Morgan fingerprint density at radius 2 is 2.11 bits per heavy atom. The van der Waals surface area contributed by atoms with Gasteiger partial charge in [0.1, 0.15) is 0 Å². The maximum atomic E-state index is 4.75. The fourth-order valence-corrected chi connectivity index (χ4v) is 2.83. The Kier molecular flexibility index (Phi) is 4.15. The van der Waals surface area contributed by atoms with Crippen molar-refractivity contribution < 1.29 is 0 Å². The van der Waals surface area contributed by atoms with E-state index in [4.69, 9.17) is 4.98 Å². The average molecular weight is 260 g/mol. The van der Waals surface area contributed by atoms with Gasteiger partial charge in [0.15, 0.2) is 0 Å². The fourth-order valence-electron chi connectivity index (χ4n) is 1.90. The van der Waals surface area contributed by atoms with Gasteiger partial charge in [-0.25, -0.2) is 4.98 Å². The van der Waals surface area contributed by atoms with Crippen LogP contribution >= 0.6 is 11.3 Å². The van der Waals surface area contributed by atoms with Gasteiger partial charge >= 0.3 is 0 Å². The van der Waals surface area contributed by atoms with E-state index >= 15 is 0 Å². The second-order valence-corrected chi connectivity index (χ2v) is 5.78. The number of benzene rings is 1. The van der Waals surface area contributed by atoms with Crippen molar-refractivity contribution in [3.05, 3.63) is 39.7 Å². The molecule has 0 aliphatic heterocycles. The van der Waals surface area contributed by atoms with Gasteiger partial charge in [-0.2, -0.15) is 0 Å². The number of rotatable bonds is 4. The molecule has 3 heteroatoms. The van der Waals surface area contributed by atoms with Crippen molar-refractivity contribution in [1.29, 1.82) is 0 Å². The molecular formula is C15H20N2S. The Labute approximate surface area is 113 Å². The minimum Gasteiger partial charge on any atom is -0.317 e. The molecule has 1 atom stereocenters. The lowest BCUT2D eigenvalue weighted by Gasteiger charge is -2.06. The maximum absolute atomic E-state index is 4.75. The molecule has 1 unspecified atom stereocenters. The van der Waals surface area contributed by atoms with Gasteiger partial charge < -0.3 is 5.32 Å². The monoisotopic (exact) mass is 260 g/mol. The Morgan fingerprint density at radius 3 is 2.83 bits per heavy atom. The molecule has 0 aliphatic carbocycles. The molecule has 1 N–H and O–H groups in total. The molecule has 0 radical (unpaired) electrons. The van der Waals surface area contributed by atoms with Crippen LogP contribution in [0.5, 0.6) is 0 Å². The lowest BCUT2D eigenvalue weighted by atomic mass is 10.0. The summed E-state index contributed by atoms with van der Waals surface area (Å²) in [6.07, 6.45) is 0.992. The minimum atomic E-state index is 0.475. The average Bonchev–Trinajstić information content (AvgIpc) is 2.80. The van der Waals surface area contributed by atoms with Crippen LogP contribution in [0.3, 0.4) is 0 Å². The van der Waals surface area contributed by atoms with Crippen LogP contribution in [0.4, 0.5) is 0 Å². The number of aryl methyl sites for hydroxylation is 2. The largest absolute Gasteiger partial charge is 0.317 e. The first-order valence-corrected chi connectivity index (χ1v) is 7.17. The van der Waals surface area contributed by atoms with Gasteiger partial charge in [0, 0.05) is 23.4 Å². The van der Waals surface area contributed by atoms with Crippen molar-refractivity contribution in [2.45, 2.75) is 33.2 Å². The third-order valence-electron chi connectivity index (χ3n) is 3.19. The van der Waals surface area contributed by atoms with Crippen molar-refractivity contribution >= 4 is 11.3 Å². The Bertz CT molecular complexity index is 531. The van der Waals surface area contributed by atoms with E-state index in [0.717, 1.165) is 12.1 Å². The summed E-state index contributed by atoms with van der Waals surface area (Å²) in [4.78, 5) is 4.75. The molecule has 1 aromatic heterocycles. The predicted molar refractivity (Wildman–Crippen MR) is 79.2 cm³/mol. The van der Waals surface area contributed by atoms with E-state index in [-0.39, 0.29) is 0 Å². The Morgan fingerprint density at radius 1 is 1.33 bits per heavy atom. The van der Waals surface area contributed by atoms with Crippen LogP contribution < -0.4 is 5.32 Å². The number of aromatic nitrogens is 1. The van der Waals surface area contributed by atoms with Gasteiger partial charge in [-0.15, -0.1) is 11.3 Å². The van der Waals surface area contributed by atoms with Gasteiger partial charge in [-0.05, 0) is 39.4 Å². The summed E-state index contributed by atoms with van der Waals surface area (Å²) >= 11 is 1.75. The standard InChI is InChI=1S/C15H20N2S/c1-10-5-6-11(2)13(7-10)14-9-18-15(17-14)8-12(3)16-4/h5-7,9,12,16H,8H2,1-4H3. The zero-order valence-electron chi connectivity index (χ0n) is 11.4. The minimum absolute atomic E-state index is 0.475. The summed E-state index contributed by atoms with van der Waals surface area (Å²) in [5.41, 5.74) is 4.95. The van der Waals surface area contributed by atoms with Gasteiger partial charge in [0.2, 0.25) is 0 Å². The summed E-state index contributed by atoms with van der Waals surface area (Å²) in [5, 5.41) is 6.62. The molecule has 0 saturated heterocycles. The van der Waals surface area contributed by atoms with E-state index in [1.807, 2.05) is 7.05 Å². The van der Waals surface area contributed by atoms with Crippen molar-refractivity contribution in [1.82, 2.24) is 10.3 Å². The maximum Gasteiger partial charge on any atom is 0.0948 e. The van der Waals surface area contributed by atoms with E-state index in [1.165, 1.54) is 21.7 Å². The Balaban J connectivity index is 2.26. The van der Waals surface area contributed by atoms with Crippen molar-refractivity contribution in [3.8, 4) is 11.3 Å². The predicted octanol–water partition coefficient (Wildman–Crippen LogP) is 3.58. The molecule has 2 rings (SSSR count). The van der Waals surface area contributed by atoms with Crippen molar-refractivity contribution in [3.63, 3.8) is 0 Å². The van der Waals surface area contributed by atoms with E-state index in [0.29, 0.717) is 6.04 Å². The van der Waals surface area contributed by atoms with Crippen LogP contribution in [0.1, 0.15) is 23.1 Å². The number of nitrogens with zero attached hydrogens (tertiary/aromatic N) is 1. The van der Waals surface area contributed by atoms with Gasteiger partial charge in [0.25, 0.3) is 0 Å². The molecule has 96 valence electrons. The van der Waals surface area contributed by atoms with E-state index in [2.05, 4.69) is 49.7 Å². The molecule has 0 fully saturated rings. The highest BCUT2D eigenvalue weighted by atomic mass is 32.1. The van der Waals surface area contributed by atoms with Crippen LogP contribution in [-0.2, 0) is 6.42 Å². The zero-order chi connectivity index (χ0) is 13.1. The van der Waals surface area contributed by atoms with Crippen LogP contribution in [0.2, 0.25) is 0 Å². The molecule has 0 aliphatic rings. The smallest absolute Gasteiger partial charge is 0.0948 e. The van der Waals surface area contributed by atoms with E-state index < -0.39 is 0 Å². The summed E-state index contributed by atoms with van der Waals surface area (Å²) < 4.78 is 0. The molecule has 2 nitrogen and oxygen atoms in total. The van der Waals surface area contributed by atoms with Crippen LogP contribution in [0.25, 0.3) is 11.3 Å². The quantitative estimate of drug-likeness (QED) is 0.909. The van der Waals surface area contributed by atoms with Gasteiger partial charge in [-0.1, -0.05) is 17.7 Å². The molecule has 1 aromatic carbocycles. The first-order chi connectivity index (χ1) is 8.60. The van der Waals surface area contributed by atoms with Crippen LogP contribution in [0, 0.1) is 13.8 Å². The lowest BCUT2D eigenvalue weighted by molar-refractivity contribution is 0.607. The molecule has 2 aromatic rings. The highest BCUT2D eigenvalue weighted by Gasteiger charge is 2.09. The molecule has 0 saturated carbocycles. The molecular weight excluding hydrogens is 240 g/mol. The second-order valence-electron chi connectivity index (χ2n) is 4.84. The van der Waals surface area contributed by atoms with Gasteiger partial charge in [0.05, 0.1) is 10.7 Å². The highest BCUT2D eigenvalue weighted by molar-refractivity contribution is 7.09. The molecule has 0 amide bonds. The topological polar surface area (TPSA) is 24.9 Å². The molecule has 0 spiro atoms. The Hall–Kier alpha value is -1.19.